The van der Waals surface area contributed by atoms with Gasteiger partial charge < -0.3 is 14.9 Å². The third-order valence-electron chi connectivity index (χ3n) is 4.84. The minimum absolute atomic E-state index is 0.0899. The molecule has 120 valence electrons. The monoisotopic (exact) mass is 296 g/mol. The molecule has 1 saturated carbocycles. The van der Waals surface area contributed by atoms with E-state index < -0.39 is 6.10 Å². The number of carbonyl (C=O) groups is 2. The van der Waals surface area contributed by atoms with Crippen LogP contribution in [0.3, 0.4) is 0 Å². The average molecular weight is 296 g/mol. The summed E-state index contributed by atoms with van der Waals surface area (Å²) >= 11 is 0. The first-order valence-electron chi connectivity index (χ1n) is 8.24. The predicted molar refractivity (Wildman–Crippen MR) is 80.6 cm³/mol. The number of rotatable bonds is 4. The summed E-state index contributed by atoms with van der Waals surface area (Å²) in [6, 6.07) is 0. The van der Waals surface area contributed by atoms with Gasteiger partial charge in [0, 0.05) is 32.1 Å². The molecule has 0 aromatic heterocycles. The minimum Gasteiger partial charge on any atom is -0.384 e. The highest BCUT2D eigenvalue weighted by Crippen LogP contribution is 2.30. The molecule has 2 rings (SSSR count). The highest BCUT2D eigenvalue weighted by molar-refractivity contribution is 5.81. The van der Waals surface area contributed by atoms with Crippen LogP contribution in [0.25, 0.3) is 0 Å². The molecular formula is C16H28N2O3. The van der Waals surface area contributed by atoms with Crippen molar-refractivity contribution in [3.05, 3.63) is 0 Å². The fraction of sp³-hybridized carbons (Fsp3) is 0.875. The lowest BCUT2D eigenvalue weighted by atomic mass is 9.93. The number of amides is 2. The highest BCUT2D eigenvalue weighted by atomic mass is 16.3. The smallest absolute Gasteiger partial charge is 0.251 e. The molecule has 1 aliphatic carbocycles. The maximum atomic E-state index is 12.5. The van der Waals surface area contributed by atoms with E-state index in [1.165, 1.54) is 32.6 Å². The lowest BCUT2D eigenvalue weighted by Crippen LogP contribution is -2.53. The van der Waals surface area contributed by atoms with Gasteiger partial charge in [0.05, 0.1) is 0 Å². The van der Waals surface area contributed by atoms with Crippen LogP contribution in [-0.4, -0.2) is 59.0 Å². The summed E-state index contributed by atoms with van der Waals surface area (Å²) in [5.74, 6) is 0.807. The van der Waals surface area contributed by atoms with Crippen LogP contribution in [0.4, 0.5) is 0 Å². The quantitative estimate of drug-likeness (QED) is 0.849. The Labute approximate surface area is 127 Å². The molecule has 1 N–H and O–H groups in total. The molecule has 0 bridgehead atoms. The van der Waals surface area contributed by atoms with Crippen LogP contribution in [0, 0.1) is 11.8 Å². The fourth-order valence-electron chi connectivity index (χ4n) is 3.57. The van der Waals surface area contributed by atoms with Crippen molar-refractivity contribution in [2.75, 3.05) is 26.2 Å². The van der Waals surface area contributed by atoms with Crippen molar-refractivity contribution >= 4 is 11.8 Å². The zero-order chi connectivity index (χ0) is 15.4. The first-order chi connectivity index (χ1) is 9.99. The summed E-state index contributed by atoms with van der Waals surface area (Å²) in [4.78, 5) is 27.7. The number of piperazine rings is 1. The number of nitrogens with zero attached hydrogens (tertiary/aromatic N) is 2. The third kappa shape index (κ3) is 4.19. The zero-order valence-corrected chi connectivity index (χ0v) is 13.3. The SMILES string of the molecule is CC(O)C(=O)N1CCN(C(=O)C(C)CC2CCCC2)CC1. The molecule has 21 heavy (non-hydrogen) atoms. The number of aliphatic hydroxyl groups is 1. The van der Waals surface area contributed by atoms with Gasteiger partial charge in [-0.2, -0.15) is 0 Å². The first kappa shape index (κ1) is 16.3. The molecule has 2 atom stereocenters. The van der Waals surface area contributed by atoms with E-state index in [4.69, 9.17) is 0 Å². The van der Waals surface area contributed by atoms with Gasteiger partial charge >= 0.3 is 0 Å². The molecule has 0 radical (unpaired) electrons. The lowest BCUT2D eigenvalue weighted by molar-refractivity contribution is -0.146. The second-order valence-corrected chi connectivity index (χ2v) is 6.61. The van der Waals surface area contributed by atoms with Gasteiger partial charge in [-0.25, -0.2) is 0 Å². The van der Waals surface area contributed by atoms with Crippen molar-refractivity contribution in [3.63, 3.8) is 0 Å². The van der Waals surface area contributed by atoms with E-state index in [1.807, 2.05) is 11.8 Å². The number of carbonyl (C=O) groups excluding carboxylic acids is 2. The van der Waals surface area contributed by atoms with Gasteiger partial charge in [0.1, 0.15) is 6.10 Å². The maximum absolute atomic E-state index is 12.5. The van der Waals surface area contributed by atoms with Gasteiger partial charge in [0.15, 0.2) is 0 Å². The molecule has 2 aliphatic rings. The second kappa shape index (κ2) is 7.25. The Kier molecular flexibility index (Phi) is 5.62. The van der Waals surface area contributed by atoms with Crippen LogP contribution in [0.1, 0.15) is 46.0 Å². The molecular weight excluding hydrogens is 268 g/mol. The molecule has 2 fully saturated rings. The third-order valence-corrected chi connectivity index (χ3v) is 4.84. The van der Waals surface area contributed by atoms with E-state index in [0.717, 1.165) is 12.3 Å². The van der Waals surface area contributed by atoms with Crippen molar-refractivity contribution < 1.29 is 14.7 Å². The minimum atomic E-state index is -0.950. The summed E-state index contributed by atoms with van der Waals surface area (Å²) in [5.41, 5.74) is 0. The van der Waals surface area contributed by atoms with Gasteiger partial charge in [-0.05, 0) is 19.3 Å². The molecule has 1 saturated heterocycles. The number of hydrogen-bond acceptors (Lipinski definition) is 3. The van der Waals surface area contributed by atoms with E-state index in [0.29, 0.717) is 26.2 Å². The molecule has 0 spiro atoms. The lowest BCUT2D eigenvalue weighted by Gasteiger charge is -2.36. The summed E-state index contributed by atoms with van der Waals surface area (Å²) in [6.07, 6.45) is 5.22. The molecule has 5 nitrogen and oxygen atoms in total. The van der Waals surface area contributed by atoms with Crippen molar-refractivity contribution in [1.29, 1.82) is 0 Å². The Morgan fingerprint density at radius 1 is 1.00 bits per heavy atom. The van der Waals surface area contributed by atoms with Crippen molar-refractivity contribution in [1.82, 2.24) is 9.80 Å². The van der Waals surface area contributed by atoms with Crippen LogP contribution in [-0.2, 0) is 9.59 Å². The van der Waals surface area contributed by atoms with Crippen LogP contribution in [0.15, 0.2) is 0 Å². The Hall–Kier alpha value is -1.10. The van der Waals surface area contributed by atoms with E-state index in [-0.39, 0.29) is 17.7 Å². The van der Waals surface area contributed by atoms with Crippen LogP contribution >= 0.6 is 0 Å². The molecule has 0 aromatic carbocycles. The van der Waals surface area contributed by atoms with E-state index >= 15 is 0 Å². The van der Waals surface area contributed by atoms with Gasteiger partial charge in [-0.15, -0.1) is 0 Å². The molecule has 1 aliphatic heterocycles. The summed E-state index contributed by atoms with van der Waals surface area (Å²) < 4.78 is 0. The molecule has 2 amide bonds. The Morgan fingerprint density at radius 2 is 1.48 bits per heavy atom. The summed E-state index contributed by atoms with van der Waals surface area (Å²) in [6.45, 7) is 5.77. The predicted octanol–water partition coefficient (Wildman–Crippen LogP) is 1.25. The van der Waals surface area contributed by atoms with Crippen LogP contribution < -0.4 is 0 Å². The molecule has 5 heteroatoms. The van der Waals surface area contributed by atoms with E-state index in [2.05, 4.69) is 0 Å². The normalized spacial score (nSPS) is 23.2. The van der Waals surface area contributed by atoms with Crippen molar-refractivity contribution in [2.24, 2.45) is 11.8 Å². The van der Waals surface area contributed by atoms with Gasteiger partial charge in [0.2, 0.25) is 5.91 Å². The Balaban J connectivity index is 1.78. The topological polar surface area (TPSA) is 60.9 Å². The van der Waals surface area contributed by atoms with E-state index in [9.17, 15) is 14.7 Å². The fourth-order valence-corrected chi connectivity index (χ4v) is 3.57. The highest BCUT2D eigenvalue weighted by Gasteiger charge is 2.29. The molecule has 0 aromatic rings. The van der Waals surface area contributed by atoms with Gasteiger partial charge in [-0.3, -0.25) is 9.59 Å². The van der Waals surface area contributed by atoms with Crippen LogP contribution in [0.5, 0.6) is 0 Å². The van der Waals surface area contributed by atoms with E-state index in [1.54, 1.807) is 4.90 Å². The number of aliphatic hydroxyl groups excluding tert-OH is 1. The first-order valence-corrected chi connectivity index (χ1v) is 8.24. The molecule has 1 heterocycles. The summed E-state index contributed by atoms with van der Waals surface area (Å²) in [7, 11) is 0. The van der Waals surface area contributed by atoms with Crippen molar-refractivity contribution in [3.8, 4) is 0 Å². The average Bonchev–Trinajstić information content (AvgIpc) is 2.98. The summed E-state index contributed by atoms with van der Waals surface area (Å²) in [5, 5.41) is 9.32. The van der Waals surface area contributed by atoms with Gasteiger partial charge in [-0.1, -0.05) is 32.6 Å². The Morgan fingerprint density at radius 3 is 1.95 bits per heavy atom. The second-order valence-electron chi connectivity index (χ2n) is 6.61. The van der Waals surface area contributed by atoms with Crippen molar-refractivity contribution in [2.45, 2.75) is 52.1 Å². The van der Waals surface area contributed by atoms with Gasteiger partial charge in [0.25, 0.3) is 5.91 Å². The standard InChI is InChI=1S/C16H28N2O3/c1-12(11-14-5-3-4-6-14)15(20)17-7-9-18(10-8-17)16(21)13(2)19/h12-14,19H,3-11H2,1-2H3. The van der Waals surface area contributed by atoms with Crippen LogP contribution in [0.2, 0.25) is 0 Å². The zero-order valence-electron chi connectivity index (χ0n) is 13.3. The molecule has 2 unspecified atom stereocenters. The number of hydrogen-bond donors (Lipinski definition) is 1. The Bertz CT molecular complexity index is 370. The maximum Gasteiger partial charge on any atom is 0.251 e. The largest absolute Gasteiger partial charge is 0.384 e.